The number of carboxylic acids is 2. The van der Waals surface area contributed by atoms with E-state index in [1.54, 1.807) is 0 Å². The van der Waals surface area contributed by atoms with Crippen molar-refractivity contribution in [1.29, 1.82) is 0 Å². The van der Waals surface area contributed by atoms with Gasteiger partial charge in [-0.05, 0) is 12.3 Å². The summed E-state index contributed by atoms with van der Waals surface area (Å²) < 4.78 is 0. The van der Waals surface area contributed by atoms with Gasteiger partial charge in [0.15, 0.2) is 0 Å². The molecule has 0 bridgehead atoms. The van der Waals surface area contributed by atoms with Crippen LogP contribution in [-0.4, -0.2) is 81.7 Å². The summed E-state index contributed by atoms with van der Waals surface area (Å²) in [5, 5.41) is 33.2. The molecule has 176 valence electrons. The minimum absolute atomic E-state index is 0.0691. The number of aliphatic carboxylic acids is 2. The molecule has 4 atom stereocenters. The zero-order chi connectivity index (χ0) is 24.3. The first-order chi connectivity index (χ1) is 14.3. The van der Waals surface area contributed by atoms with Gasteiger partial charge in [0.1, 0.15) is 18.1 Å². The molecule has 0 aromatic heterocycles. The number of carbonyl (C=O) groups excluding carboxylic acids is 4. The van der Waals surface area contributed by atoms with Crippen LogP contribution in [0.15, 0.2) is 0 Å². The summed E-state index contributed by atoms with van der Waals surface area (Å²) >= 11 is 0. The van der Waals surface area contributed by atoms with E-state index in [4.69, 9.17) is 21.7 Å². The zero-order valence-corrected chi connectivity index (χ0v) is 17.2. The summed E-state index contributed by atoms with van der Waals surface area (Å²) in [5.74, 6) is -7.02. The molecular weight excluding hydrogens is 418 g/mol. The van der Waals surface area contributed by atoms with Crippen LogP contribution in [0.2, 0.25) is 0 Å². The highest BCUT2D eigenvalue weighted by Crippen LogP contribution is 2.04. The third-order valence-corrected chi connectivity index (χ3v) is 3.91. The number of hydrogen-bond acceptors (Lipinski definition) is 8. The Kier molecular flexibility index (Phi) is 11.7. The molecule has 0 aliphatic heterocycles. The van der Waals surface area contributed by atoms with E-state index < -0.39 is 79.2 Å². The van der Waals surface area contributed by atoms with Gasteiger partial charge in [-0.1, -0.05) is 13.8 Å². The number of aliphatic hydroxyl groups excluding tert-OH is 1. The standard InChI is InChI=1S/C17H29N5O9/c1-7(2)3-8(18)14(27)20-9(4-12(19)24)15(28)22-11(6-23)16(29)21-10(17(30)31)5-13(25)26/h7-11,23H,3-6,18H2,1-2H3,(H2,19,24)(H,20,27)(H,21,29)(H,22,28)(H,25,26)(H,30,31). The van der Waals surface area contributed by atoms with E-state index >= 15 is 0 Å². The summed E-state index contributed by atoms with van der Waals surface area (Å²) in [6.07, 6.45) is -1.29. The molecule has 31 heavy (non-hydrogen) atoms. The van der Waals surface area contributed by atoms with Gasteiger partial charge >= 0.3 is 11.9 Å². The van der Waals surface area contributed by atoms with E-state index in [1.807, 2.05) is 24.5 Å². The smallest absolute Gasteiger partial charge is 0.326 e. The topological polar surface area (TPSA) is 251 Å². The van der Waals surface area contributed by atoms with Crippen molar-refractivity contribution in [2.75, 3.05) is 6.61 Å². The Morgan fingerprint density at radius 1 is 0.806 bits per heavy atom. The number of nitrogens with one attached hydrogen (secondary N) is 3. The average Bonchev–Trinajstić information content (AvgIpc) is 2.63. The Morgan fingerprint density at radius 3 is 1.71 bits per heavy atom. The van der Waals surface area contributed by atoms with Crippen LogP contribution in [0.25, 0.3) is 0 Å². The van der Waals surface area contributed by atoms with Crippen molar-refractivity contribution < 1.29 is 44.1 Å². The first-order valence-electron chi connectivity index (χ1n) is 9.28. The average molecular weight is 447 g/mol. The highest BCUT2D eigenvalue weighted by atomic mass is 16.4. The number of primary amides is 1. The van der Waals surface area contributed by atoms with Crippen LogP contribution in [0, 0.1) is 5.92 Å². The molecule has 0 saturated heterocycles. The molecule has 0 fully saturated rings. The van der Waals surface area contributed by atoms with Gasteiger partial charge in [0.25, 0.3) is 0 Å². The fraction of sp³-hybridized carbons (Fsp3) is 0.647. The van der Waals surface area contributed by atoms with Crippen molar-refractivity contribution >= 4 is 35.6 Å². The first kappa shape index (κ1) is 27.7. The molecule has 0 heterocycles. The number of aliphatic hydroxyl groups is 1. The summed E-state index contributed by atoms with van der Waals surface area (Å²) in [4.78, 5) is 69.8. The van der Waals surface area contributed by atoms with E-state index in [2.05, 4.69) is 5.32 Å². The van der Waals surface area contributed by atoms with E-state index in [0.717, 1.165) is 0 Å². The van der Waals surface area contributed by atoms with Crippen LogP contribution in [0.4, 0.5) is 0 Å². The normalized spacial score (nSPS) is 14.6. The second-order valence-corrected chi connectivity index (χ2v) is 7.21. The first-order valence-corrected chi connectivity index (χ1v) is 9.28. The van der Waals surface area contributed by atoms with Gasteiger partial charge in [0, 0.05) is 0 Å². The molecule has 14 nitrogen and oxygen atoms in total. The van der Waals surface area contributed by atoms with Gasteiger partial charge in [-0.15, -0.1) is 0 Å². The number of carbonyl (C=O) groups is 6. The highest BCUT2D eigenvalue weighted by molar-refractivity contribution is 5.96. The van der Waals surface area contributed by atoms with E-state index in [1.165, 1.54) is 0 Å². The number of hydrogen-bond donors (Lipinski definition) is 8. The monoisotopic (exact) mass is 447 g/mol. The Labute approximate surface area is 177 Å². The molecule has 0 spiro atoms. The van der Waals surface area contributed by atoms with Crippen LogP contribution in [0.1, 0.15) is 33.1 Å². The van der Waals surface area contributed by atoms with Crippen molar-refractivity contribution in [3.8, 4) is 0 Å². The second kappa shape index (κ2) is 13.1. The molecule has 14 heteroatoms. The van der Waals surface area contributed by atoms with Crippen molar-refractivity contribution in [1.82, 2.24) is 16.0 Å². The van der Waals surface area contributed by atoms with Crippen LogP contribution in [0.3, 0.4) is 0 Å². The lowest BCUT2D eigenvalue weighted by atomic mass is 10.0. The van der Waals surface area contributed by atoms with E-state index in [9.17, 15) is 33.9 Å². The maximum absolute atomic E-state index is 12.5. The third kappa shape index (κ3) is 10.9. The summed E-state index contributed by atoms with van der Waals surface area (Å²) in [6, 6.07) is -6.00. The van der Waals surface area contributed by atoms with E-state index in [-0.39, 0.29) is 5.92 Å². The number of amides is 4. The maximum Gasteiger partial charge on any atom is 0.326 e. The van der Waals surface area contributed by atoms with Gasteiger partial charge in [-0.25, -0.2) is 4.79 Å². The molecule has 0 radical (unpaired) electrons. The minimum Gasteiger partial charge on any atom is -0.481 e. The fourth-order valence-corrected chi connectivity index (χ4v) is 2.42. The summed E-state index contributed by atoms with van der Waals surface area (Å²) in [6.45, 7) is 2.65. The maximum atomic E-state index is 12.5. The van der Waals surface area contributed by atoms with Gasteiger partial charge in [-0.2, -0.15) is 0 Å². The van der Waals surface area contributed by atoms with Crippen molar-refractivity contribution in [3.63, 3.8) is 0 Å². The molecule has 0 rings (SSSR count). The molecular formula is C17H29N5O9. The molecule has 0 aliphatic rings. The molecule has 0 aromatic carbocycles. The molecule has 0 saturated carbocycles. The van der Waals surface area contributed by atoms with Gasteiger partial charge in [0.05, 0.1) is 25.5 Å². The molecule has 4 amide bonds. The number of carboxylic acid groups (broad SMARTS) is 2. The van der Waals surface area contributed by atoms with Crippen molar-refractivity contribution in [2.45, 2.75) is 57.3 Å². The Bertz CT molecular complexity index is 697. The van der Waals surface area contributed by atoms with Gasteiger partial charge in [-0.3, -0.25) is 24.0 Å². The van der Waals surface area contributed by atoms with Crippen LogP contribution < -0.4 is 27.4 Å². The molecule has 0 aromatic rings. The lowest BCUT2D eigenvalue weighted by Gasteiger charge is -2.23. The predicted molar refractivity (Wildman–Crippen MR) is 104 cm³/mol. The summed E-state index contributed by atoms with van der Waals surface area (Å²) in [7, 11) is 0. The van der Waals surface area contributed by atoms with Crippen LogP contribution >= 0.6 is 0 Å². The van der Waals surface area contributed by atoms with Gasteiger partial charge in [0.2, 0.25) is 23.6 Å². The fourth-order valence-electron chi connectivity index (χ4n) is 2.42. The minimum atomic E-state index is -1.81. The quantitative estimate of drug-likeness (QED) is 0.129. The number of rotatable bonds is 14. The Balaban J connectivity index is 5.27. The zero-order valence-electron chi connectivity index (χ0n) is 17.2. The van der Waals surface area contributed by atoms with Gasteiger partial charge < -0.3 is 42.7 Å². The lowest BCUT2D eigenvalue weighted by Crippen LogP contribution is -2.58. The largest absolute Gasteiger partial charge is 0.481 e. The third-order valence-electron chi connectivity index (χ3n) is 3.91. The highest BCUT2D eigenvalue weighted by Gasteiger charge is 2.31. The van der Waals surface area contributed by atoms with E-state index in [0.29, 0.717) is 6.42 Å². The van der Waals surface area contributed by atoms with Crippen LogP contribution in [-0.2, 0) is 28.8 Å². The SMILES string of the molecule is CC(C)CC(N)C(=O)NC(CC(N)=O)C(=O)NC(CO)C(=O)NC(CC(=O)O)C(=O)O. The summed E-state index contributed by atoms with van der Waals surface area (Å²) in [5.41, 5.74) is 10.8. The van der Waals surface area contributed by atoms with Crippen LogP contribution in [0.5, 0.6) is 0 Å². The van der Waals surface area contributed by atoms with Crippen molar-refractivity contribution in [2.24, 2.45) is 17.4 Å². The Morgan fingerprint density at radius 2 is 1.29 bits per heavy atom. The Hall–Kier alpha value is -3.26. The predicted octanol–water partition coefficient (Wildman–Crippen LogP) is -3.76. The molecule has 0 aliphatic carbocycles. The molecule has 4 unspecified atom stereocenters. The lowest BCUT2D eigenvalue weighted by molar-refractivity contribution is -0.147. The number of nitrogens with two attached hydrogens (primary N) is 2. The second-order valence-electron chi connectivity index (χ2n) is 7.21. The molecule has 10 N–H and O–H groups in total. The van der Waals surface area contributed by atoms with Crippen molar-refractivity contribution in [3.05, 3.63) is 0 Å².